The number of imide groups is 1. The van der Waals surface area contributed by atoms with E-state index in [1.807, 2.05) is 81.4 Å². The molecule has 174 valence electrons. The zero-order valence-corrected chi connectivity index (χ0v) is 20.5. The lowest BCUT2D eigenvalue weighted by molar-refractivity contribution is -0.120. The summed E-state index contributed by atoms with van der Waals surface area (Å²) < 4.78 is 0. The summed E-state index contributed by atoms with van der Waals surface area (Å²) in [7, 11) is 0. The van der Waals surface area contributed by atoms with Gasteiger partial charge in [0, 0.05) is 24.5 Å². The number of anilines is 3. The second-order valence-electron chi connectivity index (χ2n) is 8.69. The van der Waals surface area contributed by atoms with Crippen molar-refractivity contribution in [2.75, 3.05) is 28.2 Å². The maximum atomic E-state index is 13.7. The smallest absolute Gasteiger partial charge is 0.282 e. The third-order valence-electron chi connectivity index (χ3n) is 6.30. The van der Waals surface area contributed by atoms with Gasteiger partial charge in [-0.1, -0.05) is 47.5 Å². The van der Waals surface area contributed by atoms with E-state index in [0.717, 1.165) is 46.7 Å². The van der Waals surface area contributed by atoms with E-state index in [1.54, 1.807) is 0 Å². The Kier molecular flexibility index (Phi) is 6.55. The first kappa shape index (κ1) is 23.3. The van der Waals surface area contributed by atoms with Gasteiger partial charge in [-0.3, -0.25) is 9.59 Å². The average Bonchev–Trinajstić information content (AvgIpc) is 3.07. The summed E-state index contributed by atoms with van der Waals surface area (Å²) in [4.78, 5) is 30.8. The molecule has 0 radical (unpaired) electrons. The molecule has 3 aromatic rings. The van der Waals surface area contributed by atoms with Gasteiger partial charge in [0.15, 0.2) is 0 Å². The number of nitrogens with one attached hydrogen (secondary N) is 1. The maximum absolute atomic E-state index is 13.7. The minimum absolute atomic E-state index is 0.300. The lowest BCUT2D eigenvalue weighted by Crippen LogP contribution is -2.32. The van der Waals surface area contributed by atoms with Crippen molar-refractivity contribution in [1.29, 1.82) is 0 Å². The molecule has 0 bridgehead atoms. The molecule has 0 aromatic heterocycles. The van der Waals surface area contributed by atoms with Crippen LogP contribution in [0.1, 0.15) is 36.1 Å². The van der Waals surface area contributed by atoms with E-state index >= 15 is 0 Å². The Morgan fingerprint density at radius 1 is 0.765 bits per heavy atom. The van der Waals surface area contributed by atoms with Crippen LogP contribution in [0, 0.1) is 20.8 Å². The number of hydrogen-bond donors (Lipinski definition) is 1. The third kappa shape index (κ3) is 4.34. The van der Waals surface area contributed by atoms with E-state index < -0.39 is 0 Å². The van der Waals surface area contributed by atoms with E-state index in [1.165, 1.54) is 4.90 Å². The molecule has 0 saturated carbocycles. The first-order valence-corrected chi connectivity index (χ1v) is 11.7. The second kappa shape index (κ2) is 9.56. The molecule has 1 N–H and O–H groups in total. The summed E-state index contributed by atoms with van der Waals surface area (Å²) >= 11 is 0. The first-order valence-electron chi connectivity index (χ1n) is 11.7. The predicted molar refractivity (Wildman–Crippen MR) is 140 cm³/mol. The van der Waals surface area contributed by atoms with Crippen LogP contribution in [-0.4, -0.2) is 24.9 Å². The molecule has 0 atom stereocenters. The van der Waals surface area contributed by atoms with Crippen LogP contribution in [-0.2, 0) is 9.59 Å². The highest BCUT2D eigenvalue weighted by molar-refractivity contribution is 6.46. The lowest BCUT2D eigenvalue weighted by atomic mass is 10.0. The third-order valence-corrected chi connectivity index (χ3v) is 6.30. The van der Waals surface area contributed by atoms with Gasteiger partial charge in [0.25, 0.3) is 11.8 Å². The molecule has 5 nitrogen and oxygen atoms in total. The van der Waals surface area contributed by atoms with Gasteiger partial charge in [0.05, 0.1) is 11.3 Å². The van der Waals surface area contributed by atoms with Crippen molar-refractivity contribution in [3.05, 3.63) is 94.7 Å². The van der Waals surface area contributed by atoms with E-state index in [2.05, 4.69) is 30.1 Å². The first-order chi connectivity index (χ1) is 16.3. The zero-order chi connectivity index (χ0) is 24.4. The molecule has 1 heterocycles. The Hall–Kier alpha value is -3.86. The number of benzene rings is 3. The van der Waals surface area contributed by atoms with Gasteiger partial charge in [-0.25, -0.2) is 4.90 Å². The van der Waals surface area contributed by atoms with Gasteiger partial charge in [-0.15, -0.1) is 0 Å². The fraction of sp³-hybridized carbons (Fsp3) is 0.241. The monoisotopic (exact) mass is 453 g/mol. The molecule has 4 rings (SSSR count). The maximum Gasteiger partial charge on any atom is 0.282 e. The average molecular weight is 454 g/mol. The van der Waals surface area contributed by atoms with Crippen LogP contribution >= 0.6 is 0 Å². The Morgan fingerprint density at radius 2 is 1.38 bits per heavy atom. The summed E-state index contributed by atoms with van der Waals surface area (Å²) in [6.07, 6.45) is 0. The molecule has 34 heavy (non-hydrogen) atoms. The largest absolute Gasteiger partial charge is 0.372 e. The van der Waals surface area contributed by atoms with E-state index in [0.29, 0.717) is 17.0 Å². The van der Waals surface area contributed by atoms with Crippen molar-refractivity contribution in [2.45, 2.75) is 34.6 Å². The summed E-state index contributed by atoms with van der Waals surface area (Å²) in [6, 6.07) is 21.3. The van der Waals surface area contributed by atoms with Crippen molar-refractivity contribution < 1.29 is 9.59 Å². The number of rotatable bonds is 7. The van der Waals surface area contributed by atoms with Crippen LogP contribution in [0.2, 0.25) is 0 Å². The molecule has 2 amide bonds. The molecule has 0 saturated heterocycles. The summed E-state index contributed by atoms with van der Waals surface area (Å²) in [6.45, 7) is 12.0. The molecule has 0 unspecified atom stereocenters. The van der Waals surface area contributed by atoms with Crippen molar-refractivity contribution >= 4 is 34.4 Å². The highest BCUT2D eigenvalue weighted by atomic mass is 16.2. The van der Waals surface area contributed by atoms with Crippen LogP contribution in [0.15, 0.2) is 72.4 Å². The SMILES string of the molecule is CCN(CC)c1ccc(N2C(=O)C(Nc3ccc(C)cc3C)=C(c3ccc(C)cc3)C2=O)cc1. The number of nitrogens with zero attached hydrogens (tertiary/aromatic N) is 2. The predicted octanol–water partition coefficient (Wildman–Crippen LogP) is 5.85. The molecule has 1 aliphatic rings. The Labute approximate surface area is 201 Å². The molecule has 3 aromatic carbocycles. The van der Waals surface area contributed by atoms with Gasteiger partial charge in [-0.05, 0) is 76.1 Å². The van der Waals surface area contributed by atoms with Gasteiger partial charge >= 0.3 is 0 Å². The molecule has 0 spiro atoms. The highest BCUT2D eigenvalue weighted by Gasteiger charge is 2.40. The topological polar surface area (TPSA) is 52.6 Å². The highest BCUT2D eigenvalue weighted by Crippen LogP contribution is 2.35. The number of carbonyl (C=O) groups is 2. The van der Waals surface area contributed by atoms with Crippen molar-refractivity contribution in [3.8, 4) is 0 Å². The molecule has 0 aliphatic carbocycles. The van der Waals surface area contributed by atoms with Crippen LogP contribution in [0.4, 0.5) is 17.1 Å². The molecule has 5 heteroatoms. The molecular weight excluding hydrogens is 422 g/mol. The normalized spacial score (nSPS) is 13.6. The van der Waals surface area contributed by atoms with Crippen molar-refractivity contribution in [1.82, 2.24) is 0 Å². The van der Waals surface area contributed by atoms with Crippen LogP contribution in [0.25, 0.3) is 5.57 Å². The van der Waals surface area contributed by atoms with E-state index in [9.17, 15) is 9.59 Å². The summed E-state index contributed by atoms with van der Waals surface area (Å²) in [5.74, 6) is -0.673. The number of hydrogen-bond acceptors (Lipinski definition) is 4. The fourth-order valence-electron chi connectivity index (χ4n) is 4.36. The quantitative estimate of drug-likeness (QED) is 0.456. The Bertz CT molecular complexity index is 1250. The lowest BCUT2D eigenvalue weighted by Gasteiger charge is -2.22. The van der Waals surface area contributed by atoms with Gasteiger partial charge in [0.2, 0.25) is 0 Å². The van der Waals surface area contributed by atoms with Gasteiger partial charge < -0.3 is 10.2 Å². The molecule has 0 fully saturated rings. The van der Waals surface area contributed by atoms with Gasteiger partial charge in [0.1, 0.15) is 5.70 Å². The molecular formula is C29H31N3O2. The number of carbonyl (C=O) groups excluding carboxylic acids is 2. The fourth-order valence-corrected chi connectivity index (χ4v) is 4.36. The van der Waals surface area contributed by atoms with Crippen molar-refractivity contribution in [2.24, 2.45) is 0 Å². The van der Waals surface area contributed by atoms with Gasteiger partial charge in [-0.2, -0.15) is 0 Å². The number of amides is 2. The van der Waals surface area contributed by atoms with E-state index in [-0.39, 0.29) is 11.8 Å². The second-order valence-corrected chi connectivity index (χ2v) is 8.69. The Morgan fingerprint density at radius 3 is 1.97 bits per heavy atom. The van der Waals surface area contributed by atoms with Crippen LogP contribution in [0.5, 0.6) is 0 Å². The van der Waals surface area contributed by atoms with Crippen molar-refractivity contribution in [3.63, 3.8) is 0 Å². The van der Waals surface area contributed by atoms with Crippen LogP contribution in [0.3, 0.4) is 0 Å². The number of aryl methyl sites for hydroxylation is 3. The zero-order valence-electron chi connectivity index (χ0n) is 20.5. The Balaban J connectivity index is 1.76. The van der Waals surface area contributed by atoms with Crippen LogP contribution < -0.4 is 15.1 Å². The van der Waals surface area contributed by atoms with E-state index in [4.69, 9.17) is 0 Å². The minimum Gasteiger partial charge on any atom is -0.372 e. The summed E-state index contributed by atoms with van der Waals surface area (Å²) in [5, 5.41) is 3.29. The minimum atomic E-state index is -0.351. The molecule has 1 aliphatic heterocycles. The summed E-state index contributed by atoms with van der Waals surface area (Å²) in [5.41, 5.74) is 7.09. The standard InChI is InChI=1S/C29H31N3O2/c1-6-31(7-2)23-13-15-24(16-14-23)32-28(33)26(22-11-8-19(3)9-12-22)27(29(32)34)30-25-17-10-20(4)18-21(25)5/h8-18,30H,6-7H2,1-5H3.